The second-order valence-electron chi connectivity index (χ2n) is 5.63. The van der Waals surface area contributed by atoms with Crippen LogP contribution in [0.1, 0.15) is 28.6 Å². The molecule has 1 aromatic carbocycles. The zero-order valence-electron chi connectivity index (χ0n) is 12.5. The molecule has 1 aromatic heterocycles. The Morgan fingerprint density at radius 2 is 2.09 bits per heavy atom. The van der Waals surface area contributed by atoms with Gasteiger partial charge in [0.2, 0.25) is 5.91 Å². The number of carbonyl (C=O) groups is 1. The summed E-state index contributed by atoms with van der Waals surface area (Å²) in [6, 6.07) is 10.5. The first-order valence-corrected chi connectivity index (χ1v) is 8.29. The molecule has 0 saturated carbocycles. The van der Waals surface area contributed by atoms with Crippen LogP contribution >= 0.6 is 11.3 Å². The van der Waals surface area contributed by atoms with Gasteiger partial charge in [-0.2, -0.15) is 0 Å². The monoisotopic (exact) mass is 318 g/mol. The number of likely N-dealkylation sites (tertiary alicyclic amines) is 1. The van der Waals surface area contributed by atoms with Gasteiger partial charge in [-0.05, 0) is 62.7 Å². The van der Waals surface area contributed by atoms with Crippen LogP contribution < -0.4 is 5.32 Å². The zero-order valence-corrected chi connectivity index (χ0v) is 13.3. The highest BCUT2D eigenvalue weighted by molar-refractivity contribution is 7.12. The number of benzene rings is 1. The number of hydrogen-bond acceptors (Lipinski definition) is 3. The van der Waals surface area contributed by atoms with Gasteiger partial charge in [0.1, 0.15) is 5.82 Å². The van der Waals surface area contributed by atoms with E-state index in [4.69, 9.17) is 0 Å². The Bertz CT molecular complexity index is 653. The fourth-order valence-electron chi connectivity index (χ4n) is 2.89. The standard InChI is InChI=1S/C17H19FN2OS/c1-12-4-9-16(22-12)15-3-2-10-20(15)11-17(21)19-14-7-5-13(18)6-8-14/h4-9,15H,2-3,10-11H2,1H3,(H,19,21). The second kappa shape index (κ2) is 6.58. The third-order valence-electron chi connectivity index (χ3n) is 3.93. The maximum Gasteiger partial charge on any atom is 0.238 e. The van der Waals surface area contributed by atoms with Crippen molar-refractivity contribution in [3.8, 4) is 0 Å². The highest BCUT2D eigenvalue weighted by Crippen LogP contribution is 2.35. The topological polar surface area (TPSA) is 32.3 Å². The number of halogens is 1. The summed E-state index contributed by atoms with van der Waals surface area (Å²) >= 11 is 1.81. The average molecular weight is 318 g/mol. The van der Waals surface area contributed by atoms with Gasteiger partial charge in [0, 0.05) is 21.5 Å². The molecule has 5 heteroatoms. The van der Waals surface area contributed by atoms with Crippen molar-refractivity contribution in [2.45, 2.75) is 25.8 Å². The summed E-state index contributed by atoms with van der Waals surface area (Å²) in [6.07, 6.45) is 2.22. The minimum Gasteiger partial charge on any atom is -0.325 e. The largest absolute Gasteiger partial charge is 0.325 e. The van der Waals surface area contributed by atoms with Crippen LogP contribution in [-0.4, -0.2) is 23.9 Å². The Morgan fingerprint density at radius 3 is 2.77 bits per heavy atom. The lowest BCUT2D eigenvalue weighted by Gasteiger charge is -2.22. The van der Waals surface area contributed by atoms with Crippen LogP contribution in [-0.2, 0) is 4.79 Å². The number of nitrogens with zero attached hydrogens (tertiary/aromatic N) is 1. The van der Waals surface area contributed by atoms with Gasteiger partial charge < -0.3 is 5.32 Å². The number of rotatable bonds is 4. The molecule has 0 spiro atoms. The van der Waals surface area contributed by atoms with Gasteiger partial charge in [-0.1, -0.05) is 0 Å². The summed E-state index contributed by atoms with van der Waals surface area (Å²) in [4.78, 5) is 17.1. The van der Waals surface area contributed by atoms with Crippen LogP contribution in [0.25, 0.3) is 0 Å². The van der Waals surface area contributed by atoms with E-state index in [-0.39, 0.29) is 11.7 Å². The molecule has 3 nitrogen and oxygen atoms in total. The number of anilines is 1. The molecule has 22 heavy (non-hydrogen) atoms. The molecule has 3 rings (SSSR count). The first-order valence-electron chi connectivity index (χ1n) is 7.47. The summed E-state index contributed by atoms with van der Waals surface area (Å²) in [7, 11) is 0. The average Bonchev–Trinajstić information content (AvgIpc) is 3.10. The molecular weight excluding hydrogens is 299 g/mol. The van der Waals surface area contributed by atoms with Crippen molar-refractivity contribution in [1.82, 2.24) is 4.90 Å². The van der Waals surface area contributed by atoms with Gasteiger partial charge in [-0.25, -0.2) is 4.39 Å². The fourth-order valence-corrected chi connectivity index (χ4v) is 3.94. The fraction of sp³-hybridized carbons (Fsp3) is 0.353. The third-order valence-corrected chi connectivity index (χ3v) is 5.03. The van der Waals surface area contributed by atoms with E-state index in [2.05, 4.69) is 29.3 Å². The second-order valence-corrected chi connectivity index (χ2v) is 6.95. The highest BCUT2D eigenvalue weighted by Gasteiger charge is 2.28. The van der Waals surface area contributed by atoms with Gasteiger partial charge >= 0.3 is 0 Å². The van der Waals surface area contributed by atoms with Crippen LogP contribution in [0.5, 0.6) is 0 Å². The molecule has 0 aliphatic carbocycles. The molecule has 2 aromatic rings. The lowest BCUT2D eigenvalue weighted by atomic mass is 10.2. The first kappa shape index (κ1) is 15.2. The molecule has 1 saturated heterocycles. The molecule has 116 valence electrons. The SMILES string of the molecule is Cc1ccc(C2CCCN2CC(=O)Nc2ccc(F)cc2)s1. The number of nitrogens with one attached hydrogen (secondary N) is 1. The van der Waals surface area contributed by atoms with Gasteiger partial charge in [0.15, 0.2) is 0 Å². The van der Waals surface area contributed by atoms with Crippen LogP contribution in [0.3, 0.4) is 0 Å². The lowest BCUT2D eigenvalue weighted by molar-refractivity contribution is -0.117. The van der Waals surface area contributed by atoms with E-state index in [1.54, 1.807) is 23.5 Å². The van der Waals surface area contributed by atoms with Crippen molar-refractivity contribution >= 4 is 22.9 Å². The third kappa shape index (κ3) is 3.54. The predicted octanol–water partition coefficient (Wildman–Crippen LogP) is 3.97. The van der Waals surface area contributed by atoms with Crippen LogP contribution in [0.2, 0.25) is 0 Å². The molecule has 1 atom stereocenters. The Kier molecular flexibility index (Phi) is 4.55. The van der Waals surface area contributed by atoms with Crippen molar-refractivity contribution in [2.24, 2.45) is 0 Å². The molecule has 1 unspecified atom stereocenters. The predicted molar refractivity (Wildman–Crippen MR) is 87.6 cm³/mol. The van der Waals surface area contributed by atoms with E-state index in [1.165, 1.54) is 21.9 Å². The molecule has 1 N–H and O–H groups in total. The van der Waals surface area contributed by atoms with E-state index in [1.807, 2.05) is 0 Å². The molecule has 1 aliphatic rings. The Morgan fingerprint density at radius 1 is 1.32 bits per heavy atom. The maximum atomic E-state index is 12.9. The zero-order chi connectivity index (χ0) is 15.5. The Hall–Kier alpha value is -1.72. The van der Waals surface area contributed by atoms with Crippen molar-refractivity contribution in [2.75, 3.05) is 18.4 Å². The van der Waals surface area contributed by atoms with Crippen molar-refractivity contribution < 1.29 is 9.18 Å². The molecule has 0 radical (unpaired) electrons. The minimum absolute atomic E-state index is 0.0493. The van der Waals surface area contributed by atoms with Crippen molar-refractivity contribution in [1.29, 1.82) is 0 Å². The maximum absolute atomic E-state index is 12.9. The van der Waals surface area contributed by atoms with Gasteiger partial charge in [-0.15, -0.1) is 11.3 Å². The molecule has 0 bridgehead atoms. The van der Waals surface area contributed by atoms with Gasteiger partial charge in [0.25, 0.3) is 0 Å². The minimum atomic E-state index is -0.300. The number of amides is 1. The number of carbonyl (C=O) groups excluding carboxylic acids is 1. The summed E-state index contributed by atoms with van der Waals surface area (Å²) in [6.45, 7) is 3.42. The molecule has 2 heterocycles. The summed E-state index contributed by atoms with van der Waals surface area (Å²) in [5.41, 5.74) is 0.633. The van der Waals surface area contributed by atoms with Gasteiger partial charge in [0.05, 0.1) is 6.54 Å². The summed E-state index contributed by atoms with van der Waals surface area (Å²) in [5.74, 6) is -0.350. The smallest absolute Gasteiger partial charge is 0.238 e. The van der Waals surface area contributed by atoms with E-state index >= 15 is 0 Å². The summed E-state index contributed by atoms with van der Waals surface area (Å²) < 4.78 is 12.9. The number of aryl methyl sites for hydroxylation is 1. The van der Waals surface area contributed by atoms with Crippen molar-refractivity contribution in [3.63, 3.8) is 0 Å². The van der Waals surface area contributed by atoms with E-state index < -0.39 is 0 Å². The molecule has 1 aliphatic heterocycles. The van der Waals surface area contributed by atoms with Crippen molar-refractivity contribution in [3.05, 3.63) is 52.0 Å². The highest BCUT2D eigenvalue weighted by atomic mass is 32.1. The lowest BCUT2D eigenvalue weighted by Crippen LogP contribution is -2.32. The van der Waals surface area contributed by atoms with E-state index in [9.17, 15) is 9.18 Å². The molecule has 1 fully saturated rings. The van der Waals surface area contributed by atoms with Crippen LogP contribution in [0.4, 0.5) is 10.1 Å². The summed E-state index contributed by atoms with van der Waals surface area (Å²) in [5, 5.41) is 2.83. The van der Waals surface area contributed by atoms with E-state index in [0.717, 1.165) is 19.4 Å². The van der Waals surface area contributed by atoms with Crippen LogP contribution in [0, 0.1) is 12.7 Å². The Labute approximate surface area is 133 Å². The number of hydrogen-bond donors (Lipinski definition) is 1. The first-order chi connectivity index (χ1) is 10.6. The molecular formula is C17H19FN2OS. The number of thiophene rings is 1. The quantitative estimate of drug-likeness (QED) is 0.925. The van der Waals surface area contributed by atoms with Crippen LogP contribution in [0.15, 0.2) is 36.4 Å². The van der Waals surface area contributed by atoms with Gasteiger partial charge in [-0.3, -0.25) is 9.69 Å². The molecule has 1 amide bonds. The van der Waals surface area contributed by atoms with E-state index in [0.29, 0.717) is 18.3 Å². The normalized spacial score (nSPS) is 18.5. The Balaban J connectivity index is 1.61.